The molecule has 0 heterocycles. The summed E-state index contributed by atoms with van der Waals surface area (Å²) < 4.78 is 236. The van der Waals surface area contributed by atoms with Crippen molar-refractivity contribution < 1.29 is 77.9 Å². The summed E-state index contributed by atoms with van der Waals surface area (Å²) in [6, 6.07) is 9.92. The predicted octanol–water partition coefficient (Wildman–Crippen LogP) is 9.20. The number of alkyl halides is 13. The molecule has 0 amide bonds. The normalized spacial score (nSPS) is 14.9. The Morgan fingerprint density at radius 1 is 0.455 bits per heavy atom. The first kappa shape index (κ1) is 35.4. The van der Waals surface area contributed by atoms with Gasteiger partial charge < -0.3 is 0 Å². The van der Waals surface area contributed by atoms with Crippen molar-refractivity contribution in [1.29, 1.82) is 0 Å². The third kappa shape index (κ3) is 5.27. The molecule has 0 aliphatic carbocycles. The van der Waals surface area contributed by atoms with Crippen LogP contribution in [-0.4, -0.2) is 43.5 Å². The highest BCUT2D eigenvalue weighted by Gasteiger charge is 2.93. The molecule has 0 spiro atoms. The number of hydrogen-bond acceptors (Lipinski definition) is 3. The van der Waals surface area contributed by atoms with Gasteiger partial charge in [0.25, 0.3) is 0 Å². The smallest absolute Gasteiger partial charge is 0.207 e. The molecule has 0 saturated heterocycles. The van der Waals surface area contributed by atoms with Gasteiger partial charge in [-0.05, 0) is 71.0 Å². The fourth-order valence-electron chi connectivity index (χ4n) is 3.48. The third-order valence-electron chi connectivity index (χ3n) is 5.78. The van der Waals surface area contributed by atoms with Crippen molar-refractivity contribution in [3.8, 4) is 0 Å². The van der Waals surface area contributed by atoms with E-state index in [4.69, 9.17) is 0 Å². The topological polar surface area (TPSA) is 43.4 Å². The van der Waals surface area contributed by atoms with Crippen molar-refractivity contribution in [3.05, 3.63) is 90.5 Å². The maximum absolute atomic E-state index is 15.0. The van der Waals surface area contributed by atoms with Crippen LogP contribution in [0.4, 0.5) is 65.9 Å². The summed E-state index contributed by atoms with van der Waals surface area (Å²) in [5, 5.41) is -7.68. The first-order valence-electron chi connectivity index (χ1n) is 11.1. The first-order chi connectivity index (χ1) is 19.8. The van der Waals surface area contributed by atoms with Crippen LogP contribution in [-0.2, 0) is 13.7 Å². The van der Waals surface area contributed by atoms with Crippen molar-refractivity contribution in [3.63, 3.8) is 0 Å². The summed E-state index contributed by atoms with van der Waals surface area (Å²) in [5.41, 5.74) is 0. The van der Waals surface area contributed by atoms with Gasteiger partial charge in [-0.3, -0.25) is 0 Å². The number of rotatable bonds is 10. The van der Waals surface area contributed by atoms with Gasteiger partial charge in [0.05, 0.1) is 0 Å². The molecule has 3 aromatic carbocycles. The van der Waals surface area contributed by atoms with Crippen molar-refractivity contribution in [2.45, 2.75) is 49.8 Å². The van der Waals surface area contributed by atoms with Crippen molar-refractivity contribution in [1.82, 2.24) is 0 Å². The van der Waals surface area contributed by atoms with E-state index in [1.165, 1.54) is 6.07 Å². The molecule has 0 fully saturated rings. The Balaban J connectivity index is 2.34. The standard InChI is InChI=1S/C24H13F15O3S2/c25-14-6-10-17(11-7-14)43(16-4-2-1-3-5-16,18-12-8-15(26)9-13-18)42-44(40,41)24(38,39)22(33,34)20(29,30)19(27,28)21(31,32)23(35,36)37/h1-13H. The lowest BCUT2D eigenvalue weighted by Gasteiger charge is -2.42. The maximum Gasteiger partial charge on any atom is 0.460 e. The van der Waals surface area contributed by atoms with E-state index in [-0.39, 0.29) is 0 Å². The van der Waals surface area contributed by atoms with Crippen LogP contribution in [0.3, 0.4) is 0 Å². The Labute approximate surface area is 238 Å². The van der Waals surface area contributed by atoms with Crippen LogP contribution in [0.2, 0.25) is 0 Å². The van der Waals surface area contributed by atoms with Gasteiger partial charge in [0, 0.05) is 14.7 Å². The number of halogens is 15. The van der Waals surface area contributed by atoms with Gasteiger partial charge in [-0.1, -0.05) is 18.2 Å². The fourth-order valence-corrected chi connectivity index (χ4v) is 8.68. The molecular weight excluding hydrogens is 685 g/mol. The van der Waals surface area contributed by atoms with E-state index in [9.17, 15) is 74.3 Å². The van der Waals surface area contributed by atoms with E-state index in [2.05, 4.69) is 3.63 Å². The van der Waals surface area contributed by atoms with E-state index in [0.717, 1.165) is 24.3 Å². The zero-order valence-electron chi connectivity index (χ0n) is 20.7. The summed E-state index contributed by atoms with van der Waals surface area (Å²) in [6.07, 6.45) is -7.71. The Morgan fingerprint density at radius 3 is 1.16 bits per heavy atom. The van der Waals surface area contributed by atoms with E-state index in [1.807, 2.05) is 0 Å². The highest BCUT2D eigenvalue weighted by Crippen LogP contribution is 2.71. The Kier molecular flexibility index (Phi) is 8.87. The molecular formula is C24H13F15O3S2. The van der Waals surface area contributed by atoms with Gasteiger partial charge in [-0.15, -0.1) is 0 Å². The second-order valence-corrected chi connectivity index (χ2v) is 13.1. The SMILES string of the molecule is O=S(=O)(OS(c1ccccc1)(c1ccc(F)cc1)c1ccc(F)cc1)C(F)(F)C(F)(F)C(F)(F)C(F)(F)C(F)(F)C(F)(F)F. The van der Waals surface area contributed by atoms with Gasteiger partial charge in [-0.25, -0.2) is 12.4 Å². The van der Waals surface area contributed by atoms with E-state index in [1.54, 1.807) is 0 Å². The minimum atomic E-state index is -8.42. The van der Waals surface area contributed by atoms with Crippen LogP contribution in [0.1, 0.15) is 0 Å². The lowest BCUT2D eigenvalue weighted by atomic mass is 9.98. The highest BCUT2D eigenvalue weighted by atomic mass is 32.3. The van der Waals surface area contributed by atoms with Crippen LogP contribution in [0, 0.1) is 11.6 Å². The maximum atomic E-state index is 15.0. The monoisotopic (exact) mass is 698 g/mol. The molecule has 0 aliphatic heterocycles. The molecule has 0 N–H and O–H groups in total. The highest BCUT2D eigenvalue weighted by molar-refractivity contribution is 8.33. The molecule has 0 atom stereocenters. The molecule has 0 radical (unpaired) electrons. The van der Waals surface area contributed by atoms with Crippen LogP contribution in [0.25, 0.3) is 0 Å². The van der Waals surface area contributed by atoms with Crippen molar-refractivity contribution in [2.75, 3.05) is 0 Å². The van der Waals surface area contributed by atoms with Gasteiger partial charge in [0.2, 0.25) is 0 Å². The molecule has 20 heteroatoms. The second kappa shape index (κ2) is 11.0. The lowest BCUT2D eigenvalue weighted by Crippen LogP contribution is -2.71. The lowest BCUT2D eigenvalue weighted by molar-refractivity contribution is -0.433. The average molecular weight is 698 g/mol. The second-order valence-electron chi connectivity index (χ2n) is 8.61. The number of benzene rings is 3. The molecule has 0 unspecified atom stereocenters. The summed E-state index contributed by atoms with van der Waals surface area (Å²) in [6.45, 7) is 0. The van der Waals surface area contributed by atoms with Gasteiger partial charge in [0.1, 0.15) is 11.6 Å². The van der Waals surface area contributed by atoms with E-state index in [0.29, 0.717) is 48.5 Å². The molecule has 3 rings (SSSR count). The number of hydrogen-bond donors (Lipinski definition) is 0. The average Bonchev–Trinajstić information content (AvgIpc) is 2.92. The minimum Gasteiger partial charge on any atom is -0.207 e. The van der Waals surface area contributed by atoms with Gasteiger partial charge >= 0.3 is 45.2 Å². The predicted molar refractivity (Wildman–Crippen MR) is 122 cm³/mol. The summed E-state index contributed by atoms with van der Waals surface area (Å²) in [4.78, 5) is -1.97. The zero-order valence-corrected chi connectivity index (χ0v) is 22.3. The molecule has 0 aromatic heterocycles. The third-order valence-corrected chi connectivity index (χ3v) is 11.0. The van der Waals surface area contributed by atoms with Crippen LogP contribution in [0.15, 0.2) is 93.5 Å². The quantitative estimate of drug-likeness (QED) is 0.199. The molecule has 0 bridgehead atoms. The van der Waals surface area contributed by atoms with Crippen LogP contribution < -0.4 is 0 Å². The largest absolute Gasteiger partial charge is 0.460 e. The Bertz CT molecular complexity index is 1530. The van der Waals surface area contributed by atoms with E-state index < -0.39 is 81.9 Å². The summed E-state index contributed by atoms with van der Waals surface area (Å²) in [5.74, 6) is -35.2. The van der Waals surface area contributed by atoms with Crippen LogP contribution in [0.5, 0.6) is 0 Å². The molecule has 3 aromatic rings. The van der Waals surface area contributed by atoms with E-state index >= 15 is 0 Å². The molecule has 0 aliphatic rings. The van der Waals surface area contributed by atoms with Gasteiger partial charge in [-0.2, -0.15) is 65.5 Å². The van der Waals surface area contributed by atoms with Crippen LogP contribution >= 0.6 is 10.3 Å². The molecule has 244 valence electrons. The first-order valence-corrected chi connectivity index (χ1v) is 14.1. The zero-order chi connectivity index (χ0) is 33.8. The van der Waals surface area contributed by atoms with Gasteiger partial charge in [0.15, 0.2) is 0 Å². The summed E-state index contributed by atoms with van der Waals surface area (Å²) >= 11 is 0. The molecule has 3 nitrogen and oxygen atoms in total. The fraction of sp³-hybridized carbons (Fsp3) is 0.250. The molecule has 44 heavy (non-hydrogen) atoms. The Hall–Kier alpha value is -3.13. The minimum absolute atomic E-state index is 0.556. The Morgan fingerprint density at radius 2 is 0.795 bits per heavy atom. The van der Waals surface area contributed by atoms with Crippen molar-refractivity contribution >= 4 is 20.4 Å². The summed E-state index contributed by atoms with van der Waals surface area (Å²) in [7, 11) is -12.4. The van der Waals surface area contributed by atoms with Crippen molar-refractivity contribution in [2.24, 2.45) is 0 Å². The molecule has 0 saturated carbocycles.